The molecule has 4 nitrogen and oxygen atoms in total. The Morgan fingerprint density at radius 3 is 2.95 bits per heavy atom. The van der Waals surface area contributed by atoms with Crippen molar-refractivity contribution in [2.45, 2.75) is 44.4 Å². The molecule has 2 aliphatic rings. The predicted octanol–water partition coefficient (Wildman–Crippen LogP) is 1.64. The van der Waals surface area contributed by atoms with Crippen LogP contribution < -0.4 is 10.1 Å². The highest BCUT2D eigenvalue weighted by molar-refractivity contribution is 5.41. The Morgan fingerprint density at radius 1 is 1.35 bits per heavy atom. The van der Waals surface area contributed by atoms with Gasteiger partial charge in [-0.1, -0.05) is 12.1 Å². The fourth-order valence-electron chi connectivity index (χ4n) is 2.95. The highest BCUT2D eigenvalue weighted by Gasteiger charge is 2.32. The molecule has 20 heavy (non-hydrogen) atoms. The van der Waals surface area contributed by atoms with Crippen molar-refractivity contribution in [1.82, 2.24) is 5.32 Å². The van der Waals surface area contributed by atoms with Gasteiger partial charge in [0.05, 0.1) is 6.61 Å². The van der Waals surface area contributed by atoms with Crippen LogP contribution >= 0.6 is 0 Å². The van der Waals surface area contributed by atoms with Gasteiger partial charge in [-0.15, -0.1) is 0 Å². The number of aliphatic hydroxyl groups is 1. The van der Waals surface area contributed by atoms with Crippen molar-refractivity contribution in [3.63, 3.8) is 0 Å². The van der Waals surface area contributed by atoms with Crippen molar-refractivity contribution in [1.29, 1.82) is 0 Å². The second kappa shape index (κ2) is 5.02. The summed E-state index contributed by atoms with van der Waals surface area (Å²) in [7, 11) is 0. The summed E-state index contributed by atoms with van der Waals surface area (Å²) < 4.78 is 11.1. The van der Waals surface area contributed by atoms with Crippen LogP contribution in [0, 0.1) is 0 Å². The second-order valence-corrected chi connectivity index (χ2v) is 6.61. The van der Waals surface area contributed by atoms with E-state index in [0.29, 0.717) is 26.2 Å². The second-order valence-electron chi connectivity index (χ2n) is 6.61. The molecule has 0 spiro atoms. The maximum atomic E-state index is 10.2. The topological polar surface area (TPSA) is 50.7 Å². The summed E-state index contributed by atoms with van der Waals surface area (Å²) in [5, 5.41) is 13.5. The summed E-state index contributed by atoms with van der Waals surface area (Å²) in [6.07, 6.45) is 1.67. The van der Waals surface area contributed by atoms with Gasteiger partial charge in [0.2, 0.25) is 0 Å². The van der Waals surface area contributed by atoms with Crippen LogP contribution in [0.3, 0.4) is 0 Å². The van der Waals surface area contributed by atoms with E-state index < -0.39 is 5.60 Å². The van der Waals surface area contributed by atoms with Gasteiger partial charge >= 0.3 is 0 Å². The minimum absolute atomic E-state index is 0.0925. The van der Waals surface area contributed by atoms with Crippen LogP contribution in [0.5, 0.6) is 5.75 Å². The summed E-state index contributed by atoms with van der Waals surface area (Å²) in [5.74, 6) is 1.00. The van der Waals surface area contributed by atoms with E-state index >= 15 is 0 Å². The molecule has 1 aromatic carbocycles. The van der Waals surface area contributed by atoms with Gasteiger partial charge in [-0.05, 0) is 31.0 Å². The summed E-state index contributed by atoms with van der Waals surface area (Å²) in [6.45, 7) is 6.65. The van der Waals surface area contributed by atoms with E-state index in [-0.39, 0.29) is 5.60 Å². The average Bonchev–Trinajstić information content (AvgIpc) is 2.91. The molecule has 3 rings (SSSR count). The van der Waals surface area contributed by atoms with Gasteiger partial charge in [0.15, 0.2) is 0 Å². The summed E-state index contributed by atoms with van der Waals surface area (Å²) in [5.41, 5.74) is 1.72. The third kappa shape index (κ3) is 2.97. The van der Waals surface area contributed by atoms with Crippen LogP contribution in [-0.4, -0.2) is 36.1 Å². The zero-order valence-corrected chi connectivity index (χ0v) is 12.2. The lowest BCUT2D eigenvalue weighted by Crippen LogP contribution is -2.40. The molecule has 4 heteroatoms. The SMILES string of the molecule is CC1(C)Cc2cc(CNCC3(O)CCOC3)ccc2O1. The first kappa shape index (κ1) is 13.9. The Labute approximate surface area is 120 Å². The van der Waals surface area contributed by atoms with E-state index in [1.165, 1.54) is 11.1 Å². The number of fused-ring (bicyclic) bond motifs is 1. The molecule has 1 unspecified atom stereocenters. The van der Waals surface area contributed by atoms with Crippen LogP contribution in [0.25, 0.3) is 0 Å². The summed E-state index contributed by atoms with van der Waals surface area (Å²) in [4.78, 5) is 0. The summed E-state index contributed by atoms with van der Waals surface area (Å²) >= 11 is 0. The van der Waals surface area contributed by atoms with Crippen LogP contribution in [0.1, 0.15) is 31.4 Å². The maximum Gasteiger partial charge on any atom is 0.123 e. The quantitative estimate of drug-likeness (QED) is 0.878. The first-order chi connectivity index (χ1) is 9.46. The first-order valence-corrected chi connectivity index (χ1v) is 7.28. The zero-order valence-electron chi connectivity index (χ0n) is 12.2. The molecule has 1 fully saturated rings. The molecule has 1 aromatic rings. The number of hydrogen-bond acceptors (Lipinski definition) is 4. The number of benzene rings is 1. The van der Waals surface area contributed by atoms with Crippen LogP contribution in [0.2, 0.25) is 0 Å². The lowest BCUT2D eigenvalue weighted by molar-refractivity contribution is 0.0268. The Balaban J connectivity index is 1.57. The predicted molar refractivity (Wildman–Crippen MR) is 76.9 cm³/mol. The molecule has 0 radical (unpaired) electrons. The largest absolute Gasteiger partial charge is 0.487 e. The normalized spacial score (nSPS) is 27.4. The fourth-order valence-corrected chi connectivity index (χ4v) is 2.95. The highest BCUT2D eigenvalue weighted by atomic mass is 16.5. The van der Waals surface area contributed by atoms with E-state index in [0.717, 1.165) is 18.7 Å². The van der Waals surface area contributed by atoms with E-state index in [1.807, 2.05) is 0 Å². The van der Waals surface area contributed by atoms with Gasteiger partial charge in [-0.25, -0.2) is 0 Å². The molecule has 2 N–H and O–H groups in total. The molecular formula is C16H23NO3. The van der Waals surface area contributed by atoms with Crippen LogP contribution in [0.15, 0.2) is 18.2 Å². The molecule has 110 valence electrons. The van der Waals surface area contributed by atoms with Gasteiger partial charge in [-0.2, -0.15) is 0 Å². The third-order valence-electron chi connectivity index (χ3n) is 3.99. The van der Waals surface area contributed by atoms with Crippen molar-refractivity contribution < 1.29 is 14.6 Å². The number of nitrogens with one attached hydrogen (secondary N) is 1. The molecule has 2 aliphatic heterocycles. The fraction of sp³-hybridized carbons (Fsp3) is 0.625. The zero-order chi connectivity index (χ0) is 14.2. The van der Waals surface area contributed by atoms with Gasteiger partial charge in [0.25, 0.3) is 0 Å². The Kier molecular flexibility index (Phi) is 3.48. The molecule has 2 heterocycles. The van der Waals surface area contributed by atoms with Crippen LogP contribution in [0.4, 0.5) is 0 Å². The molecule has 0 aliphatic carbocycles. The lowest BCUT2D eigenvalue weighted by atomic mass is 10.00. The van der Waals surface area contributed by atoms with E-state index in [2.05, 4.69) is 37.4 Å². The van der Waals surface area contributed by atoms with Crippen molar-refractivity contribution in [2.75, 3.05) is 19.8 Å². The lowest BCUT2D eigenvalue weighted by Gasteiger charge is -2.20. The van der Waals surface area contributed by atoms with Gasteiger partial charge in [0, 0.05) is 32.5 Å². The molecule has 0 amide bonds. The summed E-state index contributed by atoms with van der Waals surface area (Å²) in [6, 6.07) is 6.34. The molecule has 0 saturated carbocycles. The third-order valence-corrected chi connectivity index (χ3v) is 3.99. The number of hydrogen-bond donors (Lipinski definition) is 2. The molecule has 1 saturated heterocycles. The van der Waals surface area contributed by atoms with Crippen molar-refractivity contribution >= 4 is 0 Å². The van der Waals surface area contributed by atoms with E-state index in [4.69, 9.17) is 9.47 Å². The van der Waals surface area contributed by atoms with Gasteiger partial charge in [-0.3, -0.25) is 0 Å². The molecule has 1 atom stereocenters. The number of ether oxygens (including phenoxy) is 2. The standard InChI is InChI=1S/C16H23NO3/c1-15(2)8-13-7-12(3-4-14(13)20-15)9-17-10-16(18)5-6-19-11-16/h3-4,7,17-18H,5-6,8-11H2,1-2H3. The van der Waals surface area contributed by atoms with Crippen molar-refractivity contribution in [3.8, 4) is 5.75 Å². The monoisotopic (exact) mass is 277 g/mol. The van der Waals surface area contributed by atoms with E-state index in [1.54, 1.807) is 0 Å². The molecular weight excluding hydrogens is 254 g/mol. The first-order valence-electron chi connectivity index (χ1n) is 7.28. The van der Waals surface area contributed by atoms with Gasteiger partial charge in [0.1, 0.15) is 17.0 Å². The minimum atomic E-state index is -0.693. The Hall–Kier alpha value is -1.10. The molecule has 0 aromatic heterocycles. The van der Waals surface area contributed by atoms with E-state index in [9.17, 15) is 5.11 Å². The smallest absolute Gasteiger partial charge is 0.123 e. The molecule has 0 bridgehead atoms. The average molecular weight is 277 g/mol. The van der Waals surface area contributed by atoms with Crippen LogP contribution in [-0.2, 0) is 17.7 Å². The minimum Gasteiger partial charge on any atom is -0.487 e. The number of rotatable bonds is 4. The van der Waals surface area contributed by atoms with Gasteiger partial charge < -0.3 is 19.9 Å². The van der Waals surface area contributed by atoms with Crippen molar-refractivity contribution in [2.24, 2.45) is 0 Å². The Morgan fingerprint density at radius 2 is 2.20 bits per heavy atom. The Bertz CT molecular complexity index is 492. The maximum absolute atomic E-state index is 10.2. The highest BCUT2D eigenvalue weighted by Crippen LogP contribution is 2.35. The van der Waals surface area contributed by atoms with Crippen molar-refractivity contribution in [3.05, 3.63) is 29.3 Å².